The van der Waals surface area contributed by atoms with E-state index < -0.39 is 6.10 Å². The molecule has 5 heteroatoms. The van der Waals surface area contributed by atoms with E-state index in [1.807, 2.05) is 24.3 Å². The predicted octanol–water partition coefficient (Wildman–Crippen LogP) is 1.84. The van der Waals surface area contributed by atoms with Crippen molar-refractivity contribution in [1.29, 1.82) is 0 Å². The highest BCUT2D eigenvalue weighted by Gasteiger charge is 2.03. The zero-order valence-corrected chi connectivity index (χ0v) is 12.0. The zero-order valence-electron chi connectivity index (χ0n) is 11.3. The molecule has 1 aromatic carbocycles. The lowest BCUT2D eigenvalue weighted by molar-refractivity contribution is 0.0287. The first-order valence-corrected chi connectivity index (χ1v) is 6.80. The van der Waals surface area contributed by atoms with Crippen molar-refractivity contribution in [2.45, 2.75) is 19.1 Å². The average Bonchev–Trinajstić information content (AvgIpc) is 2.41. The molecule has 0 aliphatic heterocycles. The summed E-state index contributed by atoms with van der Waals surface area (Å²) in [5.74, 6) is 0. The number of ether oxygens (including phenoxy) is 2. The summed E-state index contributed by atoms with van der Waals surface area (Å²) in [5.41, 5.74) is 1.05. The van der Waals surface area contributed by atoms with Crippen molar-refractivity contribution in [2.75, 3.05) is 33.4 Å². The van der Waals surface area contributed by atoms with Crippen LogP contribution in [0.1, 0.15) is 12.0 Å². The molecule has 0 saturated heterocycles. The summed E-state index contributed by atoms with van der Waals surface area (Å²) in [4.78, 5) is 0. The van der Waals surface area contributed by atoms with Crippen LogP contribution in [-0.2, 0) is 16.1 Å². The van der Waals surface area contributed by atoms with Crippen LogP contribution in [0.3, 0.4) is 0 Å². The maximum atomic E-state index is 9.69. The Kier molecular flexibility index (Phi) is 8.79. The van der Waals surface area contributed by atoms with E-state index in [4.69, 9.17) is 21.1 Å². The van der Waals surface area contributed by atoms with Crippen molar-refractivity contribution in [1.82, 2.24) is 5.32 Å². The first-order chi connectivity index (χ1) is 9.22. The molecular weight excluding hydrogens is 266 g/mol. The van der Waals surface area contributed by atoms with Crippen LogP contribution in [-0.4, -0.2) is 44.6 Å². The molecule has 0 aromatic heterocycles. The molecule has 0 fully saturated rings. The second-order valence-corrected chi connectivity index (χ2v) is 4.78. The summed E-state index contributed by atoms with van der Waals surface area (Å²) in [6.45, 7) is 2.90. The average molecular weight is 288 g/mol. The van der Waals surface area contributed by atoms with Crippen LogP contribution in [0.2, 0.25) is 5.02 Å². The highest BCUT2D eigenvalue weighted by atomic mass is 35.5. The number of aliphatic hydroxyl groups excluding tert-OH is 1. The Labute approximate surface area is 119 Å². The van der Waals surface area contributed by atoms with E-state index in [-0.39, 0.29) is 0 Å². The lowest BCUT2D eigenvalue weighted by Gasteiger charge is -2.12. The molecule has 1 unspecified atom stereocenters. The van der Waals surface area contributed by atoms with E-state index in [1.165, 1.54) is 0 Å². The van der Waals surface area contributed by atoms with Crippen molar-refractivity contribution < 1.29 is 14.6 Å². The Hall–Kier alpha value is -0.650. The number of hydrogen-bond acceptors (Lipinski definition) is 4. The normalized spacial score (nSPS) is 12.6. The van der Waals surface area contributed by atoms with Gasteiger partial charge in [-0.25, -0.2) is 0 Å². The molecule has 0 spiro atoms. The minimum absolute atomic E-state index is 0.319. The van der Waals surface area contributed by atoms with Crippen molar-refractivity contribution in [3.63, 3.8) is 0 Å². The fourth-order valence-electron chi connectivity index (χ4n) is 1.56. The van der Waals surface area contributed by atoms with Crippen LogP contribution >= 0.6 is 11.6 Å². The molecule has 0 heterocycles. The molecule has 0 saturated carbocycles. The molecule has 0 radical (unpaired) electrons. The maximum Gasteiger partial charge on any atom is 0.0897 e. The number of rotatable bonds is 10. The fourth-order valence-corrected chi connectivity index (χ4v) is 1.69. The Balaban J connectivity index is 2.03. The summed E-state index contributed by atoms with van der Waals surface area (Å²) in [5, 5.41) is 13.5. The number of benzene rings is 1. The van der Waals surface area contributed by atoms with Gasteiger partial charge >= 0.3 is 0 Å². The van der Waals surface area contributed by atoms with Crippen molar-refractivity contribution in [3.8, 4) is 0 Å². The molecule has 19 heavy (non-hydrogen) atoms. The molecule has 1 atom stereocenters. The third-order valence-electron chi connectivity index (χ3n) is 2.57. The molecule has 4 nitrogen and oxygen atoms in total. The number of halogens is 1. The van der Waals surface area contributed by atoms with Crippen LogP contribution in [0.25, 0.3) is 0 Å². The van der Waals surface area contributed by atoms with E-state index in [1.54, 1.807) is 7.11 Å². The minimum Gasteiger partial charge on any atom is -0.389 e. The number of nitrogens with one attached hydrogen (secondary N) is 1. The topological polar surface area (TPSA) is 50.7 Å². The van der Waals surface area contributed by atoms with E-state index in [9.17, 15) is 5.11 Å². The highest BCUT2D eigenvalue weighted by molar-refractivity contribution is 6.30. The SMILES string of the molecule is COCCCNCC(O)COCc1ccc(Cl)cc1. The molecule has 0 amide bonds. The number of aliphatic hydroxyl groups is 1. The molecule has 0 bridgehead atoms. The molecule has 108 valence electrons. The van der Waals surface area contributed by atoms with Gasteiger partial charge in [-0.3, -0.25) is 0 Å². The zero-order chi connectivity index (χ0) is 13.9. The molecule has 0 aliphatic rings. The summed E-state index contributed by atoms with van der Waals surface area (Å²) in [6, 6.07) is 7.48. The van der Waals surface area contributed by atoms with Gasteiger partial charge in [-0.05, 0) is 30.7 Å². The largest absolute Gasteiger partial charge is 0.389 e. The van der Waals surface area contributed by atoms with Crippen LogP contribution in [0.4, 0.5) is 0 Å². The maximum absolute atomic E-state index is 9.69. The standard InChI is InChI=1S/C14H22ClNO3/c1-18-8-2-7-16-9-14(17)11-19-10-12-3-5-13(15)6-4-12/h3-6,14,16-17H,2,7-11H2,1H3. The summed E-state index contributed by atoms with van der Waals surface area (Å²) < 4.78 is 10.4. The van der Waals surface area contributed by atoms with Gasteiger partial charge in [0.15, 0.2) is 0 Å². The van der Waals surface area contributed by atoms with Gasteiger partial charge in [0.25, 0.3) is 0 Å². The van der Waals surface area contributed by atoms with Gasteiger partial charge < -0.3 is 19.9 Å². The van der Waals surface area contributed by atoms with Crippen LogP contribution < -0.4 is 5.32 Å². The van der Waals surface area contributed by atoms with Gasteiger partial charge in [0.2, 0.25) is 0 Å². The van der Waals surface area contributed by atoms with Gasteiger partial charge in [-0.15, -0.1) is 0 Å². The second kappa shape index (κ2) is 10.2. The van der Waals surface area contributed by atoms with E-state index in [2.05, 4.69) is 5.32 Å². The molecular formula is C14H22ClNO3. The van der Waals surface area contributed by atoms with E-state index in [0.717, 1.165) is 25.1 Å². The van der Waals surface area contributed by atoms with Crippen molar-refractivity contribution in [3.05, 3.63) is 34.9 Å². The van der Waals surface area contributed by atoms with E-state index in [0.29, 0.717) is 24.8 Å². The first kappa shape index (κ1) is 16.4. The molecule has 2 N–H and O–H groups in total. The minimum atomic E-state index is -0.491. The first-order valence-electron chi connectivity index (χ1n) is 6.42. The van der Waals surface area contributed by atoms with Gasteiger partial charge in [-0.2, -0.15) is 0 Å². The lowest BCUT2D eigenvalue weighted by atomic mass is 10.2. The summed E-state index contributed by atoms with van der Waals surface area (Å²) >= 11 is 5.79. The van der Waals surface area contributed by atoms with Gasteiger partial charge in [0.1, 0.15) is 0 Å². The van der Waals surface area contributed by atoms with Crippen LogP contribution in [0.5, 0.6) is 0 Å². The summed E-state index contributed by atoms with van der Waals surface area (Å²) in [7, 11) is 1.68. The highest BCUT2D eigenvalue weighted by Crippen LogP contribution is 2.10. The van der Waals surface area contributed by atoms with Crippen LogP contribution in [0.15, 0.2) is 24.3 Å². The Morgan fingerprint density at radius 1 is 1.32 bits per heavy atom. The Morgan fingerprint density at radius 3 is 2.74 bits per heavy atom. The molecule has 0 aliphatic carbocycles. The van der Waals surface area contributed by atoms with Gasteiger partial charge in [-0.1, -0.05) is 23.7 Å². The Morgan fingerprint density at radius 2 is 2.05 bits per heavy atom. The van der Waals surface area contributed by atoms with Gasteiger partial charge in [0, 0.05) is 25.3 Å². The number of hydrogen-bond donors (Lipinski definition) is 2. The summed E-state index contributed by atoms with van der Waals surface area (Å²) in [6.07, 6.45) is 0.448. The third kappa shape index (κ3) is 8.18. The second-order valence-electron chi connectivity index (χ2n) is 4.35. The van der Waals surface area contributed by atoms with Crippen molar-refractivity contribution in [2.24, 2.45) is 0 Å². The quantitative estimate of drug-likeness (QED) is 0.645. The lowest BCUT2D eigenvalue weighted by Crippen LogP contribution is -2.31. The van der Waals surface area contributed by atoms with Gasteiger partial charge in [0.05, 0.1) is 19.3 Å². The number of methoxy groups -OCH3 is 1. The third-order valence-corrected chi connectivity index (χ3v) is 2.83. The van der Waals surface area contributed by atoms with Crippen molar-refractivity contribution >= 4 is 11.6 Å². The molecule has 1 rings (SSSR count). The monoisotopic (exact) mass is 287 g/mol. The predicted molar refractivity (Wildman–Crippen MR) is 76.5 cm³/mol. The molecule has 1 aromatic rings. The van der Waals surface area contributed by atoms with Crippen LogP contribution in [0, 0.1) is 0 Å². The van der Waals surface area contributed by atoms with E-state index >= 15 is 0 Å². The smallest absolute Gasteiger partial charge is 0.0897 e. The fraction of sp³-hybridized carbons (Fsp3) is 0.571. The Bertz CT molecular complexity index is 332.